The molecule has 0 saturated heterocycles. The van der Waals surface area contributed by atoms with Gasteiger partial charge >= 0.3 is 0 Å². The maximum atomic E-state index is 12.2. The molecule has 0 aliphatic rings. The standard InChI is InChI=1S/C19H19ClN2O2/c1-12-4-2-3-5-15(12)18(23)11-22-19(24)8-13-10-21-17-7-6-14(20)9-16(13)17/h2-7,9-10,18,21,23H,8,11H2,1H3,(H,22,24). The first-order valence-corrected chi connectivity index (χ1v) is 8.18. The molecule has 3 N–H and O–H groups in total. The largest absolute Gasteiger partial charge is 0.387 e. The molecule has 5 heteroatoms. The van der Waals surface area contributed by atoms with Crippen molar-refractivity contribution < 1.29 is 9.90 Å². The number of aliphatic hydroxyl groups is 1. The third kappa shape index (κ3) is 3.61. The van der Waals surface area contributed by atoms with Crippen molar-refractivity contribution in [3.05, 3.63) is 70.4 Å². The quantitative estimate of drug-likeness (QED) is 0.664. The van der Waals surface area contributed by atoms with Crippen LogP contribution in [0.5, 0.6) is 0 Å². The van der Waals surface area contributed by atoms with Crippen LogP contribution in [0.25, 0.3) is 10.9 Å². The Morgan fingerprint density at radius 2 is 2.08 bits per heavy atom. The van der Waals surface area contributed by atoms with Crippen molar-refractivity contribution in [2.45, 2.75) is 19.4 Å². The Hall–Kier alpha value is -2.30. The molecule has 0 aliphatic heterocycles. The molecule has 1 atom stereocenters. The van der Waals surface area contributed by atoms with Gasteiger partial charge in [-0.05, 0) is 41.8 Å². The van der Waals surface area contributed by atoms with Gasteiger partial charge in [0.05, 0.1) is 12.5 Å². The molecule has 0 radical (unpaired) electrons. The van der Waals surface area contributed by atoms with Gasteiger partial charge in [0.2, 0.25) is 5.91 Å². The topological polar surface area (TPSA) is 65.1 Å². The molecule has 4 nitrogen and oxygen atoms in total. The number of aliphatic hydroxyl groups excluding tert-OH is 1. The third-order valence-corrected chi connectivity index (χ3v) is 4.36. The summed E-state index contributed by atoms with van der Waals surface area (Å²) >= 11 is 6.02. The monoisotopic (exact) mass is 342 g/mol. The summed E-state index contributed by atoms with van der Waals surface area (Å²) in [6, 6.07) is 13.2. The molecular weight excluding hydrogens is 324 g/mol. The highest BCUT2D eigenvalue weighted by Crippen LogP contribution is 2.23. The predicted molar refractivity (Wildman–Crippen MR) is 96.2 cm³/mol. The van der Waals surface area contributed by atoms with Gasteiger partial charge < -0.3 is 15.4 Å². The highest BCUT2D eigenvalue weighted by molar-refractivity contribution is 6.31. The minimum atomic E-state index is -0.715. The van der Waals surface area contributed by atoms with Gasteiger partial charge in [0.25, 0.3) is 0 Å². The molecule has 0 saturated carbocycles. The first-order valence-electron chi connectivity index (χ1n) is 7.80. The summed E-state index contributed by atoms with van der Waals surface area (Å²) in [6.07, 6.45) is 1.34. The maximum absolute atomic E-state index is 12.2. The lowest BCUT2D eigenvalue weighted by Gasteiger charge is -2.14. The van der Waals surface area contributed by atoms with Crippen LogP contribution in [-0.4, -0.2) is 22.5 Å². The Balaban J connectivity index is 1.63. The zero-order valence-corrected chi connectivity index (χ0v) is 14.1. The van der Waals surface area contributed by atoms with E-state index in [0.717, 1.165) is 27.6 Å². The average Bonchev–Trinajstić information content (AvgIpc) is 2.95. The molecule has 0 fully saturated rings. The molecule has 124 valence electrons. The summed E-state index contributed by atoms with van der Waals surface area (Å²) in [5, 5.41) is 14.6. The van der Waals surface area contributed by atoms with E-state index in [9.17, 15) is 9.90 Å². The van der Waals surface area contributed by atoms with Crippen molar-refractivity contribution in [2.75, 3.05) is 6.54 Å². The molecule has 1 amide bonds. The smallest absolute Gasteiger partial charge is 0.224 e. The SMILES string of the molecule is Cc1ccccc1C(O)CNC(=O)Cc1c[nH]c2ccc(Cl)cc12. The number of aromatic nitrogens is 1. The Bertz CT molecular complexity index is 873. The number of hydrogen-bond acceptors (Lipinski definition) is 2. The highest BCUT2D eigenvalue weighted by atomic mass is 35.5. The van der Waals surface area contributed by atoms with Gasteiger partial charge in [-0.2, -0.15) is 0 Å². The molecule has 0 spiro atoms. The van der Waals surface area contributed by atoms with Crippen LogP contribution in [-0.2, 0) is 11.2 Å². The van der Waals surface area contributed by atoms with E-state index in [4.69, 9.17) is 11.6 Å². The second kappa shape index (κ2) is 7.07. The van der Waals surface area contributed by atoms with Crippen LogP contribution in [0.2, 0.25) is 5.02 Å². The number of amides is 1. The Morgan fingerprint density at radius 3 is 2.88 bits per heavy atom. The molecular formula is C19H19ClN2O2. The molecule has 1 heterocycles. The summed E-state index contributed by atoms with van der Waals surface area (Å²) < 4.78 is 0. The van der Waals surface area contributed by atoms with Gasteiger partial charge in [0.15, 0.2) is 0 Å². The van der Waals surface area contributed by atoms with Gasteiger partial charge in [0, 0.05) is 28.7 Å². The van der Waals surface area contributed by atoms with Crippen molar-refractivity contribution >= 4 is 28.4 Å². The van der Waals surface area contributed by atoms with Crippen molar-refractivity contribution in [3.8, 4) is 0 Å². The number of benzene rings is 2. The number of nitrogens with one attached hydrogen (secondary N) is 2. The fourth-order valence-corrected chi connectivity index (χ4v) is 2.99. The van der Waals surface area contributed by atoms with Gasteiger partial charge in [-0.1, -0.05) is 35.9 Å². The van der Waals surface area contributed by atoms with Crippen LogP contribution in [0.15, 0.2) is 48.7 Å². The van der Waals surface area contributed by atoms with E-state index in [0.29, 0.717) is 5.02 Å². The lowest BCUT2D eigenvalue weighted by molar-refractivity contribution is -0.120. The number of hydrogen-bond donors (Lipinski definition) is 3. The van der Waals surface area contributed by atoms with Crippen molar-refractivity contribution in [3.63, 3.8) is 0 Å². The van der Waals surface area contributed by atoms with E-state index in [1.54, 1.807) is 0 Å². The Morgan fingerprint density at radius 1 is 1.29 bits per heavy atom. The number of rotatable bonds is 5. The normalized spacial score (nSPS) is 12.3. The van der Waals surface area contributed by atoms with E-state index in [1.165, 1.54) is 0 Å². The van der Waals surface area contributed by atoms with Gasteiger partial charge in [-0.3, -0.25) is 4.79 Å². The number of aromatic amines is 1. The van der Waals surface area contributed by atoms with Crippen LogP contribution in [0.3, 0.4) is 0 Å². The summed E-state index contributed by atoms with van der Waals surface area (Å²) in [6.45, 7) is 2.13. The van der Waals surface area contributed by atoms with Crippen LogP contribution < -0.4 is 5.32 Å². The zero-order chi connectivity index (χ0) is 17.1. The molecule has 2 aromatic carbocycles. The molecule has 0 aliphatic carbocycles. The summed E-state index contributed by atoms with van der Waals surface area (Å²) in [7, 11) is 0. The number of carbonyl (C=O) groups is 1. The minimum Gasteiger partial charge on any atom is -0.387 e. The molecule has 3 aromatic rings. The Kier molecular flexibility index (Phi) is 4.88. The van der Waals surface area contributed by atoms with Gasteiger partial charge in [-0.15, -0.1) is 0 Å². The van der Waals surface area contributed by atoms with E-state index in [2.05, 4.69) is 10.3 Å². The number of halogens is 1. The molecule has 0 bridgehead atoms. The zero-order valence-electron chi connectivity index (χ0n) is 13.3. The minimum absolute atomic E-state index is 0.136. The third-order valence-electron chi connectivity index (χ3n) is 4.12. The van der Waals surface area contributed by atoms with Crippen molar-refractivity contribution in [1.29, 1.82) is 0 Å². The maximum Gasteiger partial charge on any atom is 0.224 e. The molecule has 1 aromatic heterocycles. The van der Waals surface area contributed by atoms with E-state index in [1.807, 2.05) is 55.6 Å². The predicted octanol–water partition coefficient (Wildman–Crippen LogP) is 3.52. The first kappa shape index (κ1) is 16.6. The second-order valence-corrected chi connectivity index (χ2v) is 6.29. The fraction of sp³-hybridized carbons (Fsp3) is 0.211. The van der Waals surface area contributed by atoms with Crippen LogP contribution in [0.4, 0.5) is 0 Å². The average molecular weight is 343 g/mol. The Labute approximate surface area is 145 Å². The highest BCUT2D eigenvalue weighted by Gasteiger charge is 2.13. The van der Waals surface area contributed by atoms with Crippen molar-refractivity contribution in [1.82, 2.24) is 10.3 Å². The van der Waals surface area contributed by atoms with Crippen LogP contribution in [0, 0.1) is 6.92 Å². The van der Waals surface area contributed by atoms with Gasteiger partial charge in [0.1, 0.15) is 0 Å². The number of fused-ring (bicyclic) bond motifs is 1. The summed E-state index contributed by atoms with van der Waals surface area (Å²) in [5.41, 5.74) is 3.67. The molecule has 3 rings (SSSR count). The molecule has 24 heavy (non-hydrogen) atoms. The fourth-order valence-electron chi connectivity index (χ4n) is 2.81. The van der Waals surface area contributed by atoms with Crippen LogP contribution >= 0.6 is 11.6 Å². The molecule has 1 unspecified atom stereocenters. The number of H-pyrrole nitrogens is 1. The number of carbonyl (C=O) groups excluding carboxylic acids is 1. The van der Waals surface area contributed by atoms with Crippen LogP contribution in [0.1, 0.15) is 22.8 Å². The lowest BCUT2D eigenvalue weighted by atomic mass is 10.0. The van der Waals surface area contributed by atoms with Gasteiger partial charge in [-0.25, -0.2) is 0 Å². The van der Waals surface area contributed by atoms with E-state index >= 15 is 0 Å². The number of aryl methyl sites for hydroxylation is 1. The summed E-state index contributed by atoms with van der Waals surface area (Å²) in [5.74, 6) is -0.136. The first-order chi connectivity index (χ1) is 11.5. The second-order valence-electron chi connectivity index (χ2n) is 5.86. The van der Waals surface area contributed by atoms with E-state index < -0.39 is 6.10 Å². The lowest BCUT2D eigenvalue weighted by Crippen LogP contribution is -2.29. The van der Waals surface area contributed by atoms with E-state index in [-0.39, 0.29) is 18.9 Å². The van der Waals surface area contributed by atoms with Crippen molar-refractivity contribution in [2.24, 2.45) is 0 Å². The summed E-state index contributed by atoms with van der Waals surface area (Å²) in [4.78, 5) is 15.3.